The van der Waals surface area contributed by atoms with Crippen LogP contribution in [0.1, 0.15) is 5.56 Å². The molecule has 2 aliphatic rings. The van der Waals surface area contributed by atoms with E-state index in [0.717, 1.165) is 31.7 Å². The van der Waals surface area contributed by atoms with E-state index in [2.05, 4.69) is 16.8 Å². The van der Waals surface area contributed by atoms with Crippen LogP contribution in [0.2, 0.25) is 0 Å². The summed E-state index contributed by atoms with van der Waals surface area (Å²) in [6.45, 7) is 4.63. The van der Waals surface area contributed by atoms with Crippen molar-refractivity contribution in [2.75, 3.05) is 39.9 Å². The fourth-order valence-electron chi connectivity index (χ4n) is 2.51. The molecule has 3 rings (SSSR count). The summed E-state index contributed by atoms with van der Waals surface area (Å²) in [6, 6.07) is 9.89. The zero-order valence-corrected chi connectivity index (χ0v) is 14.2. The van der Waals surface area contributed by atoms with Crippen LogP contribution in [-0.4, -0.2) is 64.8 Å². The summed E-state index contributed by atoms with van der Waals surface area (Å²) in [5, 5.41) is 0. The number of rotatable bonds is 3. The molecule has 0 N–H and O–H groups in total. The molecule has 2 aliphatic heterocycles. The fourth-order valence-corrected chi connectivity index (χ4v) is 3.75. The van der Waals surface area contributed by atoms with Crippen LogP contribution in [-0.2, 0) is 4.79 Å². The van der Waals surface area contributed by atoms with Crippen molar-refractivity contribution in [3.63, 3.8) is 0 Å². The number of carbonyl (C=O) groups excluding carboxylic acids is 1. The number of likely N-dealkylation sites (N-methyl/N-ethyl adjacent to an activating group) is 1. The van der Waals surface area contributed by atoms with Gasteiger partial charge in [0.1, 0.15) is 4.32 Å². The summed E-state index contributed by atoms with van der Waals surface area (Å²) in [7, 11) is 2.12. The first kappa shape index (κ1) is 15.7. The first-order valence-electron chi connectivity index (χ1n) is 7.35. The number of carbonyl (C=O) groups is 1. The second kappa shape index (κ2) is 6.91. The summed E-state index contributed by atoms with van der Waals surface area (Å²) in [5.41, 5.74) is 1.03. The Morgan fingerprint density at radius 3 is 2.55 bits per heavy atom. The van der Waals surface area contributed by atoms with E-state index in [9.17, 15) is 4.79 Å². The van der Waals surface area contributed by atoms with Crippen LogP contribution in [0.25, 0.3) is 6.08 Å². The number of hydrogen-bond donors (Lipinski definition) is 0. The molecular formula is C16H19N3OS2. The average molecular weight is 333 g/mol. The largest absolute Gasteiger partial charge is 0.304 e. The number of hydrogen-bond acceptors (Lipinski definition) is 5. The molecule has 2 saturated heterocycles. The molecule has 22 heavy (non-hydrogen) atoms. The first-order valence-corrected chi connectivity index (χ1v) is 8.57. The van der Waals surface area contributed by atoms with Crippen molar-refractivity contribution < 1.29 is 4.79 Å². The van der Waals surface area contributed by atoms with Gasteiger partial charge in [-0.05, 0) is 18.7 Å². The maximum Gasteiger partial charge on any atom is 0.267 e. The molecule has 116 valence electrons. The van der Waals surface area contributed by atoms with Gasteiger partial charge >= 0.3 is 0 Å². The monoisotopic (exact) mass is 333 g/mol. The van der Waals surface area contributed by atoms with Gasteiger partial charge in [-0.25, -0.2) is 0 Å². The number of piperazine rings is 1. The second-order valence-electron chi connectivity index (χ2n) is 5.58. The summed E-state index contributed by atoms with van der Waals surface area (Å²) >= 11 is 6.79. The van der Waals surface area contributed by atoms with Gasteiger partial charge in [-0.3, -0.25) is 14.6 Å². The van der Waals surface area contributed by atoms with Crippen LogP contribution >= 0.6 is 24.0 Å². The number of amides is 1. The smallest absolute Gasteiger partial charge is 0.267 e. The number of thioether (sulfide) groups is 1. The predicted octanol–water partition coefficient (Wildman–Crippen LogP) is 2.09. The molecule has 0 radical (unpaired) electrons. The van der Waals surface area contributed by atoms with Gasteiger partial charge in [0.05, 0.1) is 11.6 Å². The lowest BCUT2D eigenvalue weighted by molar-refractivity contribution is -0.123. The van der Waals surface area contributed by atoms with Crippen LogP contribution in [0.4, 0.5) is 0 Å². The Bertz CT molecular complexity index is 595. The summed E-state index contributed by atoms with van der Waals surface area (Å²) < 4.78 is 0.658. The molecule has 2 fully saturated rings. The van der Waals surface area contributed by atoms with Gasteiger partial charge in [-0.1, -0.05) is 54.3 Å². The SMILES string of the molecule is CN1CCN(CN2C(=O)/C(=C/c3ccccc3)SC2=S)CC1. The Hall–Kier alpha value is -1.21. The molecule has 0 bridgehead atoms. The van der Waals surface area contributed by atoms with Crippen molar-refractivity contribution >= 4 is 40.3 Å². The molecule has 0 atom stereocenters. The quantitative estimate of drug-likeness (QED) is 0.624. The normalized spacial score (nSPS) is 22.8. The van der Waals surface area contributed by atoms with Crippen LogP contribution in [0.15, 0.2) is 35.2 Å². The third-order valence-corrected chi connectivity index (χ3v) is 5.29. The van der Waals surface area contributed by atoms with E-state index in [1.54, 1.807) is 4.90 Å². The van der Waals surface area contributed by atoms with Crippen LogP contribution in [0.5, 0.6) is 0 Å². The maximum atomic E-state index is 12.6. The molecule has 2 heterocycles. The lowest BCUT2D eigenvalue weighted by atomic mass is 10.2. The zero-order chi connectivity index (χ0) is 15.5. The van der Waals surface area contributed by atoms with Gasteiger partial charge in [-0.15, -0.1) is 0 Å². The molecule has 0 aromatic heterocycles. The van der Waals surface area contributed by atoms with Crippen molar-refractivity contribution in [2.24, 2.45) is 0 Å². The number of benzene rings is 1. The molecule has 1 aromatic rings. The van der Waals surface area contributed by atoms with E-state index in [1.807, 2.05) is 36.4 Å². The standard InChI is InChI=1S/C16H19N3OS2/c1-17-7-9-18(10-8-17)12-19-15(20)14(22-16(19)21)11-13-5-3-2-4-6-13/h2-6,11H,7-10,12H2,1H3/b14-11-. The predicted molar refractivity (Wildman–Crippen MR) is 95.4 cm³/mol. The van der Waals surface area contributed by atoms with Crippen molar-refractivity contribution in [3.8, 4) is 0 Å². The Morgan fingerprint density at radius 1 is 1.18 bits per heavy atom. The van der Waals surface area contributed by atoms with Crippen LogP contribution in [0, 0.1) is 0 Å². The number of thiocarbonyl (C=S) groups is 1. The maximum absolute atomic E-state index is 12.6. The summed E-state index contributed by atoms with van der Waals surface area (Å²) in [5.74, 6) is 0.0257. The Morgan fingerprint density at radius 2 is 1.86 bits per heavy atom. The van der Waals surface area contributed by atoms with Crippen molar-refractivity contribution in [1.82, 2.24) is 14.7 Å². The number of nitrogens with zero attached hydrogens (tertiary/aromatic N) is 3. The highest BCUT2D eigenvalue weighted by Crippen LogP contribution is 2.32. The van der Waals surface area contributed by atoms with Crippen molar-refractivity contribution in [1.29, 1.82) is 0 Å². The van der Waals surface area contributed by atoms with Gasteiger partial charge in [0.25, 0.3) is 5.91 Å². The Labute approximate surface area is 140 Å². The van der Waals surface area contributed by atoms with Gasteiger partial charge in [0.2, 0.25) is 0 Å². The van der Waals surface area contributed by atoms with Gasteiger partial charge in [0.15, 0.2) is 0 Å². The third-order valence-electron chi connectivity index (χ3n) is 3.91. The van der Waals surface area contributed by atoms with E-state index >= 15 is 0 Å². The van der Waals surface area contributed by atoms with Crippen molar-refractivity contribution in [3.05, 3.63) is 40.8 Å². The molecule has 4 nitrogen and oxygen atoms in total. The summed E-state index contributed by atoms with van der Waals surface area (Å²) in [4.78, 5) is 19.6. The molecule has 0 saturated carbocycles. The van der Waals surface area contributed by atoms with E-state index < -0.39 is 0 Å². The molecule has 6 heteroatoms. The molecule has 0 spiro atoms. The molecule has 0 unspecified atom stereocenters. The van der Waals surface area contributed by atoms with E-state index in [1.165, 1.54) is 11.8 Å². The average Bonchev–Trinajstić information content (AvgIpc) is 2.78. The van der Waals surface area contributed by atoms with Gasteiger partial charge < -0.3 is 4.90 Å². The minimum atomic E-state index is 0.0257. The van der Waals surface area contributed by atoms with Crippen LogP contribution in [0.3, 0.4) is 0 Å². The Balaban J connectivity index is 1.68. The van der Waals surface area contributed by atoms with Gasteiger partial charge in [-0.2, -0.15) is 0 Å². The Kier molecular flexibility index (Phi) is 4.93. The van der Waals surface area contributed by atoms with Crippen LogP contribution < -0.4 is 0 Å². The highest BCUT2D eigenvalue weighted by Gasteiger charge is 2.33. The minimum Gasteiger partial charge on any atom is -0.304 e. The highest BCUT2D eigenvalue weighted by molar-refractivity contribution is 8.26. The second-order valence-corrected chi connectivity index (χ2v) is 7.26. The van der Waals surface area contributed by atoms with E-state index in [0.29, 0.717) is 15.9 Å². The topological polar surface area (TPSA) is 26.8 Å². The van der Waals surface area contributed by atoms with E-state index in [4.69, 9.17) is 12.2 Å². The fraction of sp³-hybridized carbons (Fsp3) is 0.375. The van der Waals surface area contributed by atoms with Crippen molar-refractivity contribution in [2.45, 2.75) is 0 Å². The summed E-state index contributed by atoms with van der Waals surface area (Å²) in [6.07, 6.45) is 1.92. The highest BCUT2D eigenvalue weighted by atomic mass is 32.2. The van der Waals surface area contributed by atoms with E-state index in [-0.39, 0.29) is 5.91 Å². The van der Waals surface area contributed by atoms with Gasteiger partial charge in [0, 0.05) is 26.2 Å². The third kappa shape index (κ3) is 3.57. The molecule has 1 amide bonds. The molecule has 1 aromatic carbocycles. The first-order chi connectivity index (χ1) is 10.6. The molecule has 0 aliphatic carbocycles. The lowest BCUT2D eigenvalue weighted by Gasteiger charge is -2.34. The lowest BCUT2D eigenvalue weighted by Crippen LogP contribution is -2.49. The minimum absolute atomic E-state index is 0.0257. The zero-order valence-electron chi connectivity index (χ0n) is 12.6. The molecular weight excluding hydrogens is 314 g/mol.